The van der Waals surface area contributed by atoms with E-state index in [1.54, 1.807) is 5.57 Å². The molecule has 4 heteroatoms. The van der Waals surface area contributed by atoms with Crippen LogP contribution in [0, 0.1) is 34.5 Å². The fourth-order valence-corrected chi connectivity index (χ4v) is 7.58. The monoisotopic (exact) mass is 386 g/mol. The maximum Gasteiger partial charge on any atom is 0.200 e. The van der Waals surface area contributed by atoms with Crippen LogP contribution in [0.1, 0.15) is 66.2 Å². The summed E-state index contributed by atoms with van der Waals surface area (Å²) >= 11 is 0. The number of fused-ring (bicyclic) bond motifs is 8. The number of ketones is 1. The fraction of sp³-hybridized carbons (Fsp3) is 0.875. The van der Waals surface area contributed by atoms with E-state index < -0.39 is 5.79 Å². The fourth-order valence-electron chi connectivity index (χ4n) is 7.58. The molecular formula is C24H34O4. The van der Waals surface area contributed by atoms with Gasteiger partial charge in [-0.15, -0.1) is 0 Å². The number of carbonyl (C=O) groups is 1. The lowest BCUT2D eigenvalue weighted by Crippen LogP contribution is -2.61. The Labute approximate surface area is 168 Å². The van der Waals surface area contributed by atoms with Crippen LogP contribution in [0.25, 0.3) is 0 Å². The van der Waals surface area contributed by atoms with Crippen LogP contribution in [-0.4, -0.2) is 36.5 Å². The van der Waals surface area contributed by atoms with E-state index in [0.717, 1.165) is 38.9 Å². The molecule has 1 spiro atoms. The lowest BCUT2D eigenvalue weighted by molar-refractivity contribution is -0.335. The van der Waals surface area contributed by atoms with Crippen LogP contribution in [-0.2, 0) is 19.0 Å². The van der Waals surface area contributed by atoms with Crippen molar-refractivity contribution in [2.24, 2.45) is 34.5 Å². The van der Waals surface area contributed by atoms with Crippen molar-refractivity contribution in [3.8, 4) is 0 Å². The van der Waals surface area contributed by atoms with Crippen LogP contribution < -0.4 is 0 Å². The third kappa shape index (κ3) is 2.10. The molecule has 0 aromatic rings. The average Bonchev–Trinajstić information content (AvgIpc) is 3.27. The van der Waals surface area contributed by atoms with E-state index in [1.807, 2.05) is 0 Å². The molecule has 0 amide bonds. The molecule has 4 nitrogen and oxygen atoms in total. The summed E-state index contributed by atoms with van der Waals surface area (Å²) in [6, 6.07) is 0. The van der Waals surface area contributed by atoms with Gasteiger partial charge in [0, 0.05) is 29.6 Å². The zero-order chi connectivity index (χ0) is 19.5. The number of carbonyl (C=O) groups excluding carboxylic acids is 1. The molecular weight excluding hydrogens is 352 g/mol. The highest BCUT2D eigenvalue weighted by Gasteiger charge is 2.76. The summed E-state index contributed by atoms with van der Waals surface area (Å²) in [5.74, 6) is 2.14. The third-order valence-corrected chi connectivity index (χ3v) is 9.42. The summed E-state index contributed by atoms with van der Waals surface area (Å²) in [6.45, 7) is 10.3. The van der Waals surface area contributed by atoms with Crippen molar-refractivity contribution in [2.45, 2.75) is 83.7 Å². The van der Waals surface area contributed by atoms with Gasteiger partial charge in [-0.1, -0.05) is 32.4 Å². The molecule has 0 aromatic carbocycles. The van der Waals surface area contributed by atoms with Gasteiger partial charge in [0.1, 0.15) is 11.4 Å². The van der Waals surface area contributed by atoms with Gasteiger partial charge < -0.3 is 14.2 Å². The van der Waals surface area contributed by atoms with Crippen molar-refractivity contribution in [2.75, 3.05) is 13.2 Å². The second-order valence-electron chi connectivity index (χ2n) is 11.7. The van der Waals surface area contributed by atoms with Crippen molar-refractivity contribution in [1.82, 2.24) is 0 Å². The third-order valence-electron chi connectivity index (χ3n) is 9.42. The van der Waals surface area contributed by atoms with E-state index in [0.29, 0.717) is 29.5 Å². The first kappa shape index (κ1) is 18.1. The van der Waals surface area contributed by atoms with E-state index >= 15 is 0 Å². The first-order valence-corrected chi connectivity index (χ1v) is 11.4. The van der Waals surface area contributed by atoms with Gasteiger partial charge in [-0.2, -0.15) is 0 Å². The molecule has 0 aromatic heterocycles. The highest BCUT2D eigenvalue weighted by Crippen LogP contribution is 2.67. The van der Waals surface area contributed by atoms with E-state index in [2.05, 4.69) is 33.8 Å². The quantitative estimate of drug-likeness (QED) is 0.461. The van der Waals surface area contributed by atoms with Gasteiger partial charge in [-0.3, -0.25) is 4.79 Å². The van der Waals surface area contributed by atoms with Gasteiger partial charge in [0.25, 0.3) is 0 Å². The predicted octanol–water partition coefficient (Wildman–Crippen LogP) is 4.27. The molecule has 6 rings (SSSR count). The Morgan fingerprint density at radius 2 is 1.79 bits per heavy atom. The summed E-state index contributed by atoms with van der Waals surface area (Å²) in [7, 11) is 0. The Bertz CT molecular complexity index is 757. The van der Waals surface area contributed by atoms with Gasteiger partial charge >= 0.3 is 0 Å². The zero-order valence-electron chi connectivity index (χ0n) is 17.8. The molecule has 0 N–H and O–H groups in total. The Morgan fingerprint density at radius 3 is 2.54 bits per heavy atom. The Balaban J connectivity index is 1.31. The van der Waals surface area contributed by atoms with Crippen LogP contribution in [0.5, 0.6) is 0 Å². The minimum atomic E-state index is -0.561. The lowest BCUT2D eigenvalue weighted by atomic mass is 9.53. The molecule has 0 radical (unpaired) electrons. The molecule has 2 aliphatic heterocycles. The summed E-state index contributed by atoms with van der Waals surface area (Å²) < 4.78 is 19.3. The molecule has 28 heavy (non-hydrogen) atoms. The van der Waals surface area contributed by atoms with Gasteiger partial charge in [0.2, 0.25) is 0 Å². The van der Waals surface area contributed by atoms with Gasteiger partial charge in [-0.25, -0.2) is 0 Å². The highest BCUT2D eigenvalue weighted by atomic mass is 16.8. The standard InChI is InChI=1S/C24H34O4/c1-21(2)12-26-24(27-13-21)11-14-5-6-15-16(19(14)20-23(24,4)28-20)9-10-22(3)17(15)7-8-18(22)25/h9,14-15,17,19-20H,5-8,10-13H2,1-4H3/t14?,15-,17+,19-,20?,22+,23?/m1/s1. The number of Topliss-reactive ketones (excluding diaryl/α,β-unsaturated/α-hetero) is 1. The number of ether oxygens (including phenoxy) is 3. The minimum absolute atomic E-state index is 0.0753. The number of rotatable bonds is 0. The smallest absolute Gasteiger partial charge is 0.200 e. The Hall–Kier alpha value is -0.710. The zero-order valence-corrected chi connectivity index (χ0v) is 17.8. The number of hydrogen-bond acceptors (Lipinski definition) is 4. The van der Waals surface area contributed by atoms with E-state index in [-0.39, 0.29) is 22.5 Å². The molecule has 154 valence electrons. The normalized spacial score (nSPS) is 52.9. The molecule has 5 fully saturated rings. The van der Waals surface area contributed by atoms with Crippen molar-refractivity contribution >= 4 is 5.78 Å². The van der Waals surface area contributed by atoms with Crippen molar-refractivity contribution < 1.29 is 19.0 Å². The molecule has 6 aliphatic rings. The van der Waals surface area contributed by atoms with Crippen LogP contribution in [0.4, 0.5) is 0 Å². The maximum atomic E-state index is 12.6. The van der Waals surface area contributed by atoms with Gasteiger partial charge in [0.05, 0.1) is 19.3 Å². The molecule has 3 unspecified atom stereocenters. The maximum absolute atomic E-state index is 12.6. The first-order valence-electron chi connectivity index (χ1n) is 11.4. The lowest BCUT2D eigenvalue weighted by Gasteiger charge is -2.54. The van der Waals surface area contributed by atoms with Crippen LogP contribution in [0.3, 0.4) is 0 Å². The number of allylic oxidation sites excluding steroid dienone is 1. The van der Waals surface area contributed by atoms with E-state index in [9.17, 15) is 4.79 Å². The van der Waals surface area contributed by atoms with Crippen molar-refractivity contribution in [1.29, 1.82) is 0 Å². The van der Waals surface area contributed by atoms with Gasteiger partial charge in [0.15, 0.2) is 5.79 Å². The Kier molecular flexibility index (Phi) is 3.43. The number of epoxide rings is 1. The average molecular weight is 387 g/mol. The Morgan fingerprint density at radius 1 is 1.04 bits per heavy atom. The van der Waals surface area contributed by atoms with Crippen LogP contribution in [0.2, 0.25) is 0 Å². The number of hydrogen-bond donors (Lipinski definition) is 0. The minimum Gasteiger partial charge on any atom is -0.360 e. The molecule has 4 aliphatic carbocycles. The molecule has 0 bridgehead atoms. The second-order valence-corrected chi connectivity index (χ2v) is 11.7. The summed E-state index contributed by atoms with van der Waals surface area (Å²) in [5, 5.41) is 0. The van der Waals surface area contributed by atoms with Crippen molar-refractivity contribution in [3.05, 3.63) is 11.6 Å². The highest BCUT2D eigenvalue weighted by molar-refractivity contribution is 5.87. The molecule has 7 atom stereocenters. The largest absolute Gasteiger partial charge is 0.360 e. The topological polar surface area (TPSA) is 48.1 Å². The first-order chi connectivity index (χ1) is 13.2. The van der Waals surface area contributed by atoms with Gasteiger partial charge in [-0.05, 0) is 50.4 Å². The van der Waals surface area contributed by atoms with Crippen LogP contribution in [0.15, 0.2) is 11.6 Å². The molecule has 2 saturated heterocycles. The van der Waals surface area contributed by atoms with E-state index in [1.165, 1.54) is 12.8 Å². The SMILES string of the molecule is CC1(C)COC2(CC3CC[C@@H]4C(=CC[C@]5(C)C(=O)CC[C@@H]45)[C@@H]3C3OC32C)OC1. The van der Waals surface area contributed by atoms with Crippen LogP contribution >= 0.6 is 0 Å². The van der Waals surface area contributed by atoms with Crippen molar-refractivity contribution in [3.63, 3.8) is 0 Å². The predicted molar refractivity (Wildman–Crippen MR) is 105 cm³/mol. The summed E-state index contributed by atoms with van der Waals surface area (Å²) in [5.41, 5.74) is 1.27. The molecule has 3 saturated carbocycles. The molecule has 2 heterocycles. The summed E-state index contributed by atoms with van der Waals surface area (Å²) in [6.07, 6.45) is 8.84. The second kappa shape index (κ2) is 5.31. The summed E-state index contributed by atoms with van der Waals surface area (Å²) in [4.78, 5) is 12.6. The van der Waals surface area contributed by atoms with E-state index in [4.69, 9.17) is 14.2 Å².